The third-order valence-corrected chi connectivity index (χ3v) is 2.41. The van der Waals surface area contributed by atoms with Gasteiger partial charge in [-0.15, -0.1) is 0 Å². The lowest BCUT2D eigenvalue weighted by Crippen LogP contribution is -2.15. The molecular weight excluding hydrogens is 207 g/mol. The highest BCUT2D eigenvalue weighted by Crippen LogP contribution is 2.49. The van der Waals surface area contributed by atoms with Crippen molar-refractivity contribution in [1.82, 2.24) is 0 Å². The number of rotatable bonds is 2. The monoisotopic (exact) mass is 224 g/mol. The third kappa shape index (κ3) is 2.81. The van der Waals surface area contributed by atoms with Gasteiger partial charge in [0.25, 0.3) is 0 Å². The largest absolute Gasteiger partial charge is 0.454 e. The summed E-state index contributed by atoms with van der Waals surface area (Å²) in [4.78, 5) is 10.8. The molecule has 0 unspecified atom stereocenters. The number of benzene rings is 1. The predicted octanol–water partition coefficient (Wildman–Crippen LogP) is 3.40. The first-order valence-corrected chi connectivity index (χ1v) is 5.58. The molecule has 1 aliphatic rings. The Kier molecular flexibility index (Phi) is 4.05. The SMILES string of the molecule is CC.CC(=O)OC1(c2ccc(F)cc2)CC1. The molecule has 0 aliphatic heterocycles. The minimum atomic E-state index is -0.459. The molecule has 0 spiro atoms. The van der Waals surface area contributed by atoms with Gasteiger partial charge in [-0.2, -0.15) is 0 Å². The van der Waals surface area contributed by atoms with Gasteiger partial charge in [0.15, 0.2) is 0 Å². The Morgan fingerprint density at radius 3 is 2.12 bits per heavy atom. The Morgan fingerprint density at radius 1 is 1.25 bits per heavy atom. The van der Waals surface area contributed by atoms with Crippen molar-refractivity contribution in [2.24, 2.45) is 0 Å². The molecule has 0 saturated heterocycles. The molecular formula is C13H17FO2. The minimum Gasteiger partial charge on any atom is -0.454 e. The summed E-state index contributed by atoms with van der Waals surface area (Å²) in [5, 5.41) is 0. The van der Waals surface area contributed by atoms with Gasteiger partial charge in [0, 0.05) is 6.92 Å². The van der Waals surface area contributed by atoms with Crippen molar-refractivity contribution in [2.75, 3.05) is 0 Å². The fourth-order valence-corrected chi connectivity index (χ4v) is 1.59. The number of carbonyl (C=O) groups excluding carboxylic acids is 1. The lowest BCUT2D eigenvalue weighted by atomic mass is 10.1. The number of esters is 1. The highest BCUT2D eigenvalue weighted by molar-refractivity contribution is 5.67. The summed E-state index contributed by atoms with van der Waals surface area (Å²) in [6, 6.07) is 6.12. The Morgan fingerprint density at radius 2 is 1.75 bits per heavy atom. The van der Waals surface area contributed by atoms with Gasteiger partial charge in [-0.05, 0) is 30.5 Å². The van der Waals surface area contributed by atoms with E-state index in [9.17, 15) is 9.18 Å². The lowest BCUT2D eigenvalue weighted by Gasteiger charge is -2.15. The molecule has 0 bridgehead atoms. The van der Waals surface area contributed by atoms with Crippen LogP contribution in [0.5, 0.6) is 0 Å². The van der Waals surface area contributed by atoms with Crippen LogP contribution in [0.1, 0.15) is 39.2 Å². The number of halogens is 1. The normalized spacial score (nSPS) is 15.8. The summed E-state index contributed by atoms with van der Waals surface area (Å²) in [5.41, 5.74) is 0.425. The maximum Gasteiger partial charge on any atom is 0.303 e. The van der Waals surface area contributed by atoms with Crippen LogP contribution in [-0.4, -0.2) is 5.97 Å². The molecule has 0 radical (unpaired) electrons. The van der Waals surface area contributed by atoms with Crippen LogP contribution in [0.15, 0.2) is 24.3 Å². The number of hydrogen-bond donors (Lipinski definition) is 0. The van der Waals surface area contributed by atoms with Crippen molar-refractivity contribution >= 4 is 5.97 Å². The van der Waals surface area contributed by atoms with Crippen LogP contribution in [0, 0.1) is 5.82 Å². The van der Waals surface area contributed by atoms with Crippen LogP contribution >= 0.6 is 0 Å². The number of carbonyl (C=O) groups is 1. The first-order valence-electron chi connectivity index (χ1n) is 5.58. The Balaban J connectivity index is 0.000000606. The maximum atomic E-state index is 12.7. The second kappa shape index (κ2) is 5.10. The van der Waals surface area contributed by atoms with Gasteiger partial charge in [-0.25, -0.2) is 4.39 Å². The van der Waals surface area contributed by atoms with Gasteiger partial charge in [-0.1, -0.05) is 26.0 Å². The Labute approximate surface area is 95.4 Å². The smallest absolute Gasteiger partial charge is 0.303 e. The van der Waals surface area contributed by atoms with Crippen LogP contribution in [-0.2, 0) is 15.1 Å². The van der Waals surface area contributed by atoms with Crippen LogP contribution < -0.4 is 0 Å². The minimum absolute atomic E-state index is 0.271. The Bertz CT molecular complexity index is 353. The quantitative estimate of drug-likeness (QED) is 0.720. The standard InChI is InChI=1S/C11H11FO2.C2H6/c1-8(13)14-11(6-7-11)9-2-4-10(12)5-3-9;1-2/h2-5H,6-7H2,1H3;1-2H3. The van der Waals surface area contributed by atoms with E-state index in [2.05, 4.69) is 0 Å². The third-order valence-electron chi connectivity index (χ3n) is 2.41. The summed E-state index contributed by atoms with van der Waals surface area (Å²) in [7, 11) is 0. The molecule has 0 heterocycles. The van der Waals surface area contributed by atoms with Crippen molar-refractivity contribution in [3.63, 3.8) is 0 Å². The molecule has 1 fully saturated rings. The molecule has 0 aromatic heterocycles. The molecule has 1 saturated carbocycles. The average Bonchev–Trinajstić information content (AvgIpc) is 3.02. The highest BCUT2D eigenvalue weighted by Gasteiger charge is 2.47. The van der Waals surface area contributed by atoms with Crippen molar-refractivity contribution in [1.29, 1.82) is 0 Å². The van der Waals surface area contributed by atoms with Crippen LogP contribution in [0.3, 0.4) is 0 Å². The van der Waals surface area contributed by atoms with E-state index >= 15 is 0 Å². The molecule has 0 N–H and O–H groups in total. The van der Waals surface area contributed by atoms with E-state index in [-0.39, 0.29) is 11.8 Å². The molecule has 0 amide bonds. The van der Waals surface area contributed by atoms with Gasteiger partial charge in [-0.3, -0.25) is 4.79 Å². The number of ether oxygens (including phenoxy) is 1. The van der Waals surface area contributed by atoms with Crippen molar-refractivity contribution < 1.29 is 13.9 Å². The topological polar surface area (TPSA) is 26.3 Å². The van der Waals surface area contributed by atoms with E-state index < -0.39 is 5.60 Å². The van der Waals surface area contributed by atoms with Crippen LogP contribution in [0.25, 0.3) is 0 Å². The molecule has 1 aromatic carbocycles. The molecule has 2 rings (SSSR count). The van der Waals surface area contributed by atoms with Gasteiger partial charge < -0.3 is 4.74 Å². The van der Waals surface area contributed by atoms with Gasteiger partial charge >= 0.3 is 5.97 Å². The summed E-state index contributed by atoms with van der Waals surface area (Å²) >= 11 is 0. The summed E-state index contributed by atoms with van der Waals surface area (Å²) in [6.07, 6.45) is 1.66. The van der Waals surface area contributed by atoms with Gasteiger partial charge in [0.1, 0.15) is 11.4 Å². The molecule has 2 nitrogen and oxygen atoms in total. The van der Waals surface area contributed by atoms with Crippen molar-refractivity contribution in [2.45, 2.75) is 39.2 Å². The van der Waals surface area contributed by atoms with Gasteiger partial charge in [0.05, 0.1) is 0 Å². The van der Waals surface area contributed by atoms with Crippen LogP contribution in [0.4, 0.5) is 4.39 Å². The molecule has 3 heteroatoms. The average molecular weight is 224 g/mol. The molecule has 1 aliphatic carbocycles. The summed E-state index contributed by atoms with van der Waals surface area (Å²) < 4.78 is 17.9. The maximum absolute atomic E-state index is 12.7. The Hall–Kier alpha value is -1.38. The summed E-state index contributed by atoms with van der Waals surface area (Å²) in [6.45, 7) is 5.39. The van der Waals surface area contributed by atoms with E-state index in [4.69, 9.17) is 4.74 Å². The second-order valence-corrected chi connectivity index (χ2v) is 3.59. The zero-order chi connectivity index (χ0) is 12.2. The van der Waals surface area contributed by atoms with E-state index in [1.165, 1.54) is 19.1 Å². The molecule has 16 heavy (non-hydrogen) atoms. The first-order chi connectivity index (χ1) is 7.62. The second-order valence-electron chi connectivity index (χ2n) is 3.59. The van der Waals surface area contributed by atoms with E-state index in [0.717, 1.165) is 18.4 Å². The fraction of sp³-hybridized carbons (Fsp3) is 0.462. The number of hydrogen-bond acceptors (Lipinski definition) is 2. The van der Waals surface area contributed by atoms with Crippen molar-refractivity contribution in [3.8, 4) is 0 Å². The fourth-order valence-electron chi connectivity index (χ4n) is 1.59. The van der Waals surface area contributed by atoms with Crippen LogP contribution in [0.2, 0.25) is 0 Å². The lowest BCUT2D eigenvalue weighted by molar-refractivity contribution is -0.149. The summed E-state index contributed by atoms with van der Waals surface area (Å²) in [5.74, 6) is -0.556. The van der Waals surface area contributed by atoms with E-state index in [1.54, 1.807) is 12.1 Å². The van der Waals surface area contributed by atoms with E-state index in [0.29, 0.717) is 0 Å². The first kappa shape index (κ1) is 12.7. The predicted molar refractivity (Wildman–Crippen MR) is 60.4 cm³/mol. The molecule has 0 atom stereocenters. The zero-order valence-electron chi connectivity index (χ0n) is 9.92. The zero-order valence-corrected chi connectivity index (χ0v) is 9.92. The highest BCUT2D eigenvalue weighted by atomic mass is 19.1. The van der Waals surface area contributed by atoms with E-state index in [1.807, 2.05) is 13.8 Å². The van der Waals surface area contributed by atoms with Gasteiger partial charge in [0.2, 0.25) is 0 Å². The van der Waals surface area contributed by atoms with Crippen molar-refractivity contribution in [3.05, 3.63) is 35.6 Å². The molecule has 1 aromatic rings. The molecule has 88 valence electrons.